The van der Waals surface area contributed by atoms with Crippen LogP contribution < -0.4 is 0 Å². The number of rotatable bonds is 13. The fraction of sp³-hybridized carbons (Fsp3) is 1.00. The van der Waals surface area contributed by atoms with Gasteiger partial charge in [0.05, 0.1) is 25.4 Å². The molecule has 0 saturated heterocycles. The Morgan fingerprint density at radius 2 is 0.577 bits per heavy atom. The van der Waals surface area contributed by atoms with Gasteiger partial charge in [0.1, 0.15) is 48.8 Å². The Kier molecular flexibility index (Phi) is 11.8. The standard InChI is InChI=1S/C14H30O12/c15-3-7(19)11(23)13(25)9(21)5(17)1-2-6(18)10(22)14(26)12(24)8(20)4-16/h5-26H,1-4H2/t5?,6?,7-,8-,9+,10+,11+,12+,13+,14+/m0/s1. The summed E-state index contributed by atoms with van der Waals surface area (Å²) in [4.78, 5) is 0. The van der Waals surface area contributed by atoms with E-state index in [1.54, 1.807) is 0 Å². The zero-order valence-electron chi connectivity index (χ0n) is 14.0. The molecule has 0 heterocycles. The van der Waals surface area contributed by atoms with Crippen LogP contribution in [0.4, 0.5) is 0 Å². The van der Waals surface area contributed by atoms with Gasteiger partial charge in [-0.25, -0.2) is 0 Å². The summed E-state index contributed by atoms with van der Waals surface area (Å²) in [6.45, 7) is -1.79. The molecule has 0 bridgehead atoms. The molecule has 0 saturated carbocycles. The Hall–Kier alpha value is -0.480. The van der Waals surface area contributed by atoms with Crippen molar-refractivity contribution in [3.05, 3.63) is 0 Å². The first-order chi connectivity index (χ1) is 12.0. The Balaban J connectivity index is 4.57. The van der Waals surface area contributed by atoms with Crippen LogP contribution in [0.1, 0.15) is 12.8 Å². The molecule has 2 unspecified atom stereocenters. The number of hydrogen-bond donors (Lipinski definition) is 12. The van der Waals surface area contributed by atoms with E-state index in [0.29, 0.717) is 0 Å². The van der Waals surface area contributed by atoms with Crippen LogP contribution in [0.15, 0.2) is 0 Å². The SMILES string of the molecule is OC[C@H](O)[C@@H](O)[C@H](O)[C@H](O)C(O)CCC(O)[C@@H](O)[C@@H](O)[C@H](O)[C@@H](O)CO. The second-order valence-electron chi connectivity index (χ2n) is 6.16. The lowest BCUT2D eigenvalue weighted by atomic mass is 9.93. The van der Waals surface area contributed by atoms with Gasteiger partial charge in [0.25, 0.3) is 0 Å². The van der Waals surface area contributed by atoms with Crippen molar-refractivity contribution in [2.24, 2.45) is 0 Å². The summed E-state index contributed by atoms with van der Waals surface area (Å²) in [7, 11) is 0. The third-order valence-electron chi connectivity index (χ3n) is 4.11. The maximum absolute atomic E-state index is 9.75. The molecule has 12 nitrogen and oxygen atoms in total. The summed E-state index contributed by atoms with van der Waals surface area (Å²) >= 11 is 0. The lowest BCUT2D eigenvalue weighted by Crippen LogP contribution is -2.51. The predicted octanol–water partition coefficient (Wildman–Crippen LogP) is -6.64. The van der Waals surface area contributed by atoms with Crippen LogP contribution >= 0.6 is 0 Å². The number of aliphatic hydroxyl groups excluding tert-OH is 12. The average molecular weight is 390 g/mol. The van der Waals surface area contributed by atoms with Crippen molar-refractivity contribution in [2.75, 3.05) is 13.2 Å². The first kappa shape index (κ1) is 25.5. The van der Waals surface area contributed by atoms with E-state index >= 15 is 0 Å². The minimum atomic E-state index is -2.01. The third-order valence-corrected chi connectivity index (χ3v) is 4.11. The molecule has 0 aliphatic heterocycles. The van der Waals surface area contributed by atoms with Crippen LogP contribution in [-0.4, -0.2) is 136 Å². The third kappa shape index (κ3) is 7.26. The van der Waals surface area contributed by atoms with Gasteiger partial charge in [-0.05, 0) is 12.8 Å². The molecular formula is C14H30O12. The van der Waals surface area contributed by atoms with Crippen LogP contribution in [0, 0.1) is 0 Å². The fourth-order valence-corrected chi connectivity index (χ4v) is 2.21. The molecule has 158 valence electrons. The Labute approximate surface area is 149 Å². The summed E-state index contributed by atoms with van der Waals surface area (Å²) < 4.78 is 0. The summed E-state index contributed by atoms with van der Waals surface area (Å²) in [5.41, 5.74) is 0. The topological polar surface area (TPSA) is 243 Å². The molecule has 12 N–H and O–H groups in total. The first-order valence-corrected chi connectivity index (χ1v) is 8.01. The van der Waals surface area contributed by atoms with E-state index < -0.39 is 87.1 Å². The summed E-state index contributed by atoms with van der Waals surface area (Å²) in [6, 6.07) is 0. The van der Waals surface area contributed by atoms with E-state index in [4.69, 9.17) is 10.2 Å². The number of aliphatic hydroxyl groups is 12. The average Bonchev–Trinajstić information content (AvgIpc) is 2.66. The van der Waals surface area contributed by atoms with Crippen LogP contribution in [0.2, 0.25) is 0 Å². The van der Waals surface area contributed by atoms with Gasteiger partial charge in [0.2, 0.25) is 0 Å². The van der Waals surface area contributed by atoms with E-state index in [9.17, 15) is 51.1 Å². The Morgan fingerprint density at radius 3 is 0.808 bits per heavy atom. The van der Waals surface area contributed by atoms with Crippen molar-refractivity contribution in [3.8, 4) is 0 Å². The highest BCUT2D eigenvalue weighted by Crippen LogP contribution is 2.16. The van der Waals surface area contributed by atoms with Crippen molar-refractivity contribution in [1.29, 1.82) is 0 Å². The molecule has 0 aliphatic carbocycles. The molecule has 0 aromatic heterocycles. The van der Waals surface area contributed by atoms with E-state index in [-0.39, 0.29) is 0 Å². The fourth-order valence-electron chi connectivity index (χ4n) is 2.21. The van der Waals surface area contributed by atoms with Crippen LogP contribution in [0.5, 0.6) is 0 Å². The monoisotopic (exact) mass is 390 g/mol. The second-order valence-corrected chi connectivity index (χ2v) is 6.16. The first-order valence-electron chi connectivity index (χ1n) is 8.01. The largest absolute Gasteiger partial charge is 0.394 e. The predicted molar refractivity (Wildman–Crippen MR) is 83.5 cm³/mol. The molecule has 0 radical (unpaired) electrons. The van der Waals surface area contributed by atoms with Crippen molar-refractivity contribution in [3.63, 3.8) is 0 Å². The van der Waals surface area contributed by atoms with Crippen LogP contribution in [0.3, 0.4) is 0 Å². The quantitative estimate of drug-likeness (QED) is 0.140. The molecule has 0 fully saturated rings. The smallest absolute Gasteiger partial charge is 0.111 e. The van der Waals surface area contributed by atoms with E-state index in [1.807, 2.05) is 0 Å². The molecule has 0 rings (SSSR count). The lowest BCUT2D eigenvalue weighted by molar-refractivity contribution is -0.150. The van der Waals surface area contributed by atoms with E-state index in [2.05, 4.69) is 0 Å². The molecule has 12 heteroatoms. The van der Waals surface area contributed by atoms with Gasteiger partial charge in [-0.3, -0.25) is 0 Å². The minimum Gasteiger partial charge on any atom is -0.394 e. The minimum absolute atomic E-state index is 0.427. The van der Waals surface area contributed by atoms with Gasteiger partial charge in [-0.15, -0.1) is 0 Å². The van der Waals surface area contributed by atoms with Crippen molar-refractivity contribution in [1.82, 2.24) is 0 Å². The van der Waals surface area contributed by atoms with Gasteiger partial charge >= 0.3 is 0 Å². The lowest BCUT2D eigenvalue weighted by Gasteiger charge is -2.30. The van der Waals surface area contributed by atoms with Crippen LogP contribution in [-0.2, 0) is 0 Å². The molecule has 0 aromatic rings. The van der Waals surface area contributed by atoms with Gasteiger partial charge in [0, 0.05) is 0 Å². The zero-order chi connectivity index (χ0) is 20.6. The maximum atomic E-state index is 9.75. The molecule has 10 atom stereocenters. The Morgan fingerprint density at radius 1 is 0.346 bits per heavy atom. The summed E-state index contributed by atoms with van der Waals surface area (Å²) in [5, 5.41) is 113. The van der Waals surface area contributed by atoms with Crippen molar-refractivity contribution >= 4 is 0 Å². The highest BCUT2D eigenvalue weighted by Gasteiger charge is 2.36. The normalized spacial score (nSPS) is 24.0. The maximum Gasteiger partial charge on any atom is 0.111 e. The van der Waals surface area contributed by atoms with Gasteiger partial charge in [-0.2, -0.15) is 0 Å². The highest BCUT2D eigenvalue weighted by atomic mass is 16.4. The van der Waals surface area contributed by atoms with E-state index in [0.717, 1.165) is 0 Å². The van der Waals surface area contributed by atoms with E-state index in [1.165, 1.54) is 0 Å². The van der Waals surface area contributed by atoms with Crippen molar-refractivity contribution in [2.45, 2.75) is 73.9 Å². The Bertz CT molecular complexity index is 338. The molecule has 0 spiro atoms. The molecule has 26 heavy (non-hydrogen) atoms. The van der Waals surface area contributed by atoms with Gasteiger partial charge < -0.3 is 61.3 Å². The van der Waals surface area contributed by atoms with Crippen LogP contribution in [0.25, 0.3) is 0 Å². The molecular weight excluding hydrogens is 360 g/mol. The summed E-state index contributed by atoms with van der Waals surface area (Å²) in [6.07, 6.45) is -19.6. The van der Waals surface area contributed by atoms with Crippen molar-refractivity contribution < 1.29 is 61.3 Å². The van der Waals surface area contributed by atoms with Gasteiger partial charge in [-0.1, -0.05) is 0 Å². The number of hydrogen-bond acceptors (Lipinski definition) is 12. The molecule has 0 amide bonds. The second kappa shape index (κ2) is 12.1. The zero-order valence-corrected chi connectivity index (χ0v) is 14.0. The molecule has 0 aromatic carbocycles. The molecule has 0 aliphatic rings. The summed E-state index contributed by atoms with van der Waals surface area (Å²) in [5.74, 6) is 0. The highest BCUT2D eigenvalue weighted by molar-refractivity contribution is 4.87. The van der Waals surface area contributed by atoms with Gasteiger partial charge in [0.15, 0.2) is 0 Å².